The summed E-state index contributed by atoms with van der Waals surface area (Å²) in [6.07, 6.45) is -0.670. The zero-order valence-corrected chi connectivity index (χ0v) is 25.7. The number of hydrogen-bond acceptors (Lipinski definition) is 12. The van der Waals surface area contributed by atoms with Crippen molar-refractivity contribution < 1.29 is 59.1 Å². The quantitative estimate of drug-likeness (QED) is 0.0942. The van der Waals surface area contributed by atoms with E-state index in [0.717, 1.165) is 0 Å². The van der Waals surface area contributed by atoms with Crippen LogP contribution in [0.1, 0.15) is 25.7 Å². The molecule has 2 aliphatic heterocycles. The van der Waals surface area contributed by atoms with E-state index in [1.165, 1.54) is 4.90 Å². The number of carbonyl (C=O) groups is 7. The summed E-state index contributed by atoms with van der Waals surface area (Å²) in [7, 11) is 0. The lowest BCUT2D eigenvalue weighted by atomic mass is 9.88. The largest absolute Gasteiger partial charge is 0.481 e. The Morgan fingerprint density at radius 1 is 0.587 bits per heavy atom. The summed E-state index contributed by atoms with van der Waals surface area (Å²) in [5.41, 5.74) is 4.41. The molecular formula is C27H45N7O12. The molecule has 260 valence electrons. The molecule has 0 spiro atoms. The highest BCUT2D eigenvalue weighted by Gasteiger charge is 2.40. The summed E-state index contributed by atoms with van der Waals surface area (Å²) < 4.78 is 0. The number of amides is 2. The van der Waals surface area contributed by atoms with Crippen molar-refractivity contribution in [3.05, 3.63) is 0 Å². The van der Waals surface area contributed by atoms with Crippen LogP contribution in [0.25, 0.3) is 0 Å². The number of likely N-dealkylation sites (tertiary alicyclic amines) is 1. The van der Waals surface area contributed by atoms with Crippen LogP contribution in [0.2, 0.25) is 0 Å². The predicted octanol–water partition coefficient (Wildman–Crippen LogP) is -3.78. The fraction of sp³-hybridized carbons (Fsp3) is 0.741. The SMILES string of the molecule is NC1(C(=O)O)CCN(C(=O)[C@@H](CCC(=O)O)NC(=O)CN2CCN(CC(=O)O)CCN(CC(=O)O)CCN(CC(=O)O)CC2)CC1. The highest BCUT2D eigenvalue weighted by molar-refractivity contribution is 5.89. The Hall–Kier alpha value is -3.91. The lowest BCUT2D eigenvalue weighted by Crippen LogP contribution is -2.59. The zero-order chi connectivity index (χ0) is 34.4. The first kappa shape index (κ1) is 38.3. The van der Waals surface area contributed by atoms with Crippen molar-refractivity contribution in [2.45, 2.75) is 37.3 Å². The van der Waals surface area contributed by atoms with Gasteiger partial charge in [-0.25, -0.2) is 0 Å². The highest BCUT2D eigenvalue weighted by Crippen LogP contribution is 2.21. The van der Waals surface area contributed by atoms with Gasteiger partial charge in [-0.05, 0) is 19.3 Å². The predicted molar refractivity (Wildman–Crippen MR) is 158 cm³/mol. The molecule has 2 amide bonds. The number of piperidine rings is 1. The number of nitrogens with zero attached hydrogens (tertiary/aromatic N) is 5. The van der Waals surface area contributed by atoms with E-state index in [4.69, 9.17) is 5.73 Å². The standard InChI is InChI=1S/C27H45N7O12/c28-27(26(45)46)3-5-34(6-4-27)25(44)19(1-2-21(36)37)29-20(35)15-30-7-9-31(16-22(38)39)11-13-33(18-24(42)43)14-12-32(10-8-30)17-23(40)41/h19H,1-18,28H2,(H,29,35)(H,36,37)(H,38,39)(H,40,41)(H,42,43)(H,45,46)/t19-/m1/s1. The number of rotatable bonds is 14. The van der Waals surface area contributed by atoms with Crippen LogP contribution < -0.4 is 11.1 Å². The van der Waals surface area contributed by atoms with Crippen molar-refractivity contribution >= 4 is 41.7 Å². The number of nitrogens with one attached hydrogen (secondary N) is 1. The number of hydrogen-bond donors (Lipinski definition) is 7. The van der Waals surface area contributed by atoms with Crippen molar-refractivity contribution in [3.8, 4) is 0 Å². The van der Waals surface area contributed by atoms with Gasteiger partial charge in [0.1, 0.15) is 11.6 Å². The first-order chi connectivity index (χ1) is 21.6. The summed E-state index contributed by atoms with van der Waals surface area (Å²) in [5.74, 6) is -6.83. The van der Waals surface area contributed by atoms with Crippen LogP contribution in [-0.2, 0) is 33.6 Å². The van der Waals surface area contributed by atoms with Crippen LogP contribution in [0.4, 0.5) is 0 Å². The molecule has 2 fully saturated rings. The first-order valence-electron chi connectivity index (χ1n) is 14.9. The van der Waals surface area contributed by atoms with Gasteiger partial charge in [-0.3, -0.25) is 53.2 Å². The average molecular weight is 660 g/mol. The third-order valence-electron chi connectivity index (χ3n) is 8.05. The van der Waals surface area contributed by atoms with Crippen LogP contribution >= 0.6 is 0 Å². The second-order valence-electron chi connectivity index (χ2n) is 11.6. The van der Waals surface area contributed by atoms with Gasteiger partial charge >= 0.3 is 29.8 Å². The maximum atomic E-state index is 13.3. The summed E-state index contributed by atoms with van der Waals surface area (Å²) in [6, 6.07) is -1.21. The minimum absolute atomic E-state index is 0.00984. The Morgan fingerprint density at radius 2 is 0.957 bits per heavy atom. The van der Waals surface area contributed by atoms with E-state index in [1.54, 1.807) is 19.6 Å². The van der Waals surface area contributed by atoms with E-state index in [0.29, 0.717) is 0 Å². The summed E-state index contributed by atoms with van der Waals surface area (Å²) in [5, 5.41) is 49.3. The second-order valence-corrected chi connectivity index (χ2v) is 11.6. The number of aliphatic carboxylic acids is 5. The van der Waals surface area contributed by atoms with E-state index in [2.05, 4.69) is 5.32 Å². The van der Waals surface area contributed by atoms with E-state index in [-0.39, 0.29) is 111 Å². The van der Waals surface area contributed by atoms with Gasteiger partial charge in [0.05, 0.1) is 26.2 Å². The molecule has 0 saturated carbocycles. The summed E-state index contributed by atoms with van der Waals surface area (Å²) in [4.78, 5) is 91.5. The normalized spacial score (nSPS) is 20.1. The lowest BCUT2D eigenvalue weighted by Gasteiger charge is -2.38. The molecule has 8 N–H and O–H groups in total. The van der Waals surface area contributed by atoms with Gasteiger partial charge in [-0.1, -0.05) is 0 Å². The molecule has 0 aromatic carbocycles. The molecule has 46 heavy (non-hydrogen) atoms. The highest BCUT2D eigenvalue weighted by atomic mass is 16.4. The Balaban J connectivity index is 2.17. The molecule has 2 saturated heterocycles. The minimum Gasteiger partial charge on any atom is -0.481 e. The van der Waals surface area contributed by atoms with Crippen molar-refractivity contribution in [3.63, 3.8) is 0 Å². The van der Waals surface area contributed by atoms with Crippen LogP contribution in [0, 0.1) is 0 Å². The molecule has 0 radical (unpaired) electrons. The smallest absolute Gasteiger partial charge is 0.323 e. The van der Waals surface area contributed by atoms with Gasteiger partial charge in [0.2, 0.25) is 11.8 Å². The molecule has 19 heteroatoms. The van der Waals surface area contributed by atoms with E-state index in [9.17, 15) is 59.1 Å². The van der Waals surface area contributed by atoms with Crippen LogP contribution in [0.3, 0.4) is 0 Å². The van der Waals surface area contributed by atoms with Gasteiger partial charge in [-0.2, -0.15) is 0 Å². The van der Waals surface area contributed by atoms with E-state index < -0.39 is 59.7 Å². The summed E-state index contributed by atoms with van der Waals surface area (Å²) >= 11 is 0. The van der Waals surface area contributed by atoms with Gasteiger partial charge in [0, 0.05) is 71.9 Å². The number of nitrogens with two attached hydrogens (primary N) is 1. The van der Waals surface area contributed by atoms with Crippen LogP contribution in [-0.4, -0.2) is 195 Å². The second kappa shape index (κ2) is 18.3. The Kier molecular flexibility index (Phi) is 15.2. The molecule has 0 aliphatic carbocycles. The van der Waals surface area contributed by atoms with Gasteiger partial charge in [0.15, 0.2) is 0 Å². The van der Waals surface area contributed by atoms with Crippen LogP contribution in [0.15, 0.2) is 0 Å². The topological polar surface area (TPSA) is 275 Å². The molecular weight excluding hydrogens is 614 g/mol. The minimum atomic E-state index is -1.49. The first-order valence-corrected chi connectivity index (χ1v) is 14.9. The molecule has 0 unspecified atom stereocenters. The molecule has 0 bridgehead atoms. The molecule has 0 aromatic rings. The molecule has 0 aromatic heterocycles. The van der Waals surface area contributed by atoms with Crippen molar-refractivity contribution in [1.82, 2.24) is 29.8 Å². The molecule has 2 heterocycles. The zero-order valence-electron chi connectivity index (χ0n) is 25.7. The third-order valence-corrected chi connectivity index (χ3v) is 8.05. The monoisotopic (exact) mass is 659 g/mol. The third kappa shape index (κ3) is 13.6. The maximum absolute atomic E-state index is 13.3. The number of carboxylic acids is 5. The van der Waals surface area contributed by atoms with Crippen molar-refractivity contribution in [1.29, 1.82) is 0 Å². The van der Waals surface area contributed by atoms with E-state index >= 15 is 0 Å². The van der Waals surface area contributed by atoms with E-state index in [1.807, 2.05) is 0 Å². The molecule has 1 atom stereocenters. The fourth-order valence-electron chi connectivity index (χ4n) is 5.31. The van der Waals surface area contributed by atoms with Crippen LogP contribution in [0.5, 0.6) is 0 Å². The summed E-state index contributed by atoms with van der Waals surface area (Å²) in [6.45, 7) is 0.309. The lowest BCUT2D eigenvalue weighted by molar-refractivity contribution is -0.148. The van der Waals surface area contributed by atoms with Gasteiger partial charge < -0.3 is 41.5 Å². The number of carbonyl (C=O) groups excluding carboxylic acids is 2. The van der Waals surface area contributed by atoms with Gasteiger partial charge in [-0.15, -0.1) is 0 Å². The average Bonchev–Trinajstić information content (AvgIpc) is 2.95. The molecule has 2 aliphatic rings. The Morgan fingerprint density at radius 3 is 1.28 bits per heavy atom. The fourth-order valence-corrected chi connectivity index (χ4v) is 5.31. The Bertz CT molecular complexity index is 1080. The van der Waals surface area contributed by atoms with Crippen molar-refractivity contribution in [2.24, 2.45) is 5.73 Å². The number of carboxylic acid groups (broad SMARTS) is 5. The molecule has 2 rings (SSSR count). The van der Waals surface area contributed by atoms with Gasteiger partial charge in [0.25, 0.3) is 0 Å². The molecule has 19 nitrogen and oxygen atoms in total. The Labute approximate surface area is 265 Å². The maximum Gasteiger partial charge on any atom is 0.323 e. The van der Waals surface area contributed by atoms with Crippen molar-refractivity contribution in [2.75, 3.05) is 91.6 Å².